The van der Waals surface area contributed by atoms with Crippen molar-refractivity contribution >= 4 is 26.8 Å². The maximum absolute atomic E-state index is 13.4. The van der Waals surface area contributed by atoms with Gasteiger partial charge in [0.05, 0.1) is 16.1 Å². The van der Waals surface area contributed by atoms with Crippen LogP contribution in [0, 0.1) is 10.1 Å². The average molecular weight is 452 g/mol. The van der Waals surface area contributed by atoms with Crippen molar-refractivity contribution in [1.82, 2.24) is 4.98 Å². The van der Waals surface area contributed by atoms with Crippen molar-refractivity contribution in [3.8, 4) is 22.4 Å². The zero-order valence-corrected chi connectivity index (χ0v) is 16.3. The van der Waals surface area contributed by atoms with Crippen molar-refractivity contribution in [3.05, 3.63) is 89.0 Å². The number of benzene rings is 3. The van der Waals surface area contributed by atoms with Gasteiger partial charge in [-0.25, -0.2) is 4.98 Å². The van der Waals surface area contributed by atoms with Crippen LogP contribution < -0.4 is 0 Å². The molecule has 0 spiro atoms. The van der Waals surface area contributed by atoms with E-state index in [0.717, 1.165) is 6.07 Å². The molecule has 4 nitrogen and oxygen atoms in total. The van der Waals surface area contributed by atoms with Crippen molar-refractivity contribution < 1.29 is 24.4 Å². The van der Waals surface area contributed by atoms with E-state index in [1.165, 1.54) is 24.3 Å². The fourth-order valence-electron chi connectivity index (χ4n) is 3.23. The standard InChI is InChI=1S/C21H13F5N2O2S/c22-31(23,24,25,26)17-9-10-20-19(12-17)18(14-5-2-1-3-6-14)13-21(27-20)15-7-4-8-16(11-15)28(29)30/h1-13H. The summed E-state index contributed by atoms with van der Waals surface area (Å²) < 4.78 is 66.9. The Morgan fingerprint density at radius 3 is 2.10 bits per heavy atom. The molecule has 4 rings (SSSR count). The van der Waals surface area contributed by atoms with Gasteiger partial charge in [-0.1, -0.05) is 61.9 Å². The molecule has 31 heavy (non-hydrogen) atoms. The van der Waals surface area contributed by atoms with E-state index in [1.54, 1.807) is 36.4 Å². The lowest BCUT2D eigenvalue weighted by atomic mass is 9.98. The number of halogens is 5. The second-order valence-corrected chi connectivity index (χ2v) is 9.29. The highest BCUT2D eigenvalue weighted by Crippen LogP contribution is 3.02. The number of nitro benzene ring substituents is 1. The third-order valence-electron chi connectivity index (χ3n) is 4.66. The minimum absolute atomic E-state index is 0.0495. The molecule has 0 aliphatic rings. The summed E-state index contributed by atoms with van der Waals surface area (Å²) in [4.78, 5) is 12.8. The van der Waals surface area contributed by atoms with Gasteiger partial charge in [0.2, 0.25) is 0 Å². The molecule has 0 radical (unpaired) electrons. The van der Waals surface area contributed by atoms with E-state index in [4.69, 9.17) is 0 Å². The molecule has 4 aromatic rings. The number of nitro groups is 1. The average Bonchev–Trinajstić information content (AvgIpc) is 2.71. The second kappa shape index (κ2) is 6.24. The number of fused-ring (bicyclic) bond motifs is 1. The first-order valence-electron chi connectivity index (χ1n) is 8.81. The zero-order chi connectivity index (χ0) is 22.5. The van der Waals surface area contributed by atoms with Crippen molar-refractivity contribution in [2.45, 2.75) is 4.90 Å². The van der Waals surface area contributed by atoms with Crippen LogP contribution in [0.4, 0.5) is 25.1 Å². The van der Waals surface area contributed by atoms with Crippen LogP contribution in [0.1, 0.15) is 0 Å². The molecule has 0 unspecified atom stereocenters. The Bertz CT molecular complexity index is 1340. The lowest BCUT2D eigenvalue weighted by molar-refractivity contribution is -0.384. The molecule has 0 aliphatic carbocycles. The molecule has 1 heterocycles. The van der Waals surface area contributed by atoms with Crippen LogP contribution in [0.25, 0.3) is 33.3 Å². The maximum atomic E-state index is 13.4. The van der Waals surface area contributed by atoms with E-state index in [1.807, 2.05) is 0 Å². The first kappa shape index (κ1) is 20.7. The summed E-state index contributed by atoms with van der Waals surface area (Å²) in [5.41, 5.74) is 1.22. The van der Waals surface area contributed by atoms with Gasteiger partial charge in [0.25, 0.3) is 5.69 Å². The Kier molecular flexibility index (Phi) is 4.17. The molecular weight excluding hydrogens is 439 g/mol. The molecule has 0 fully saturated rings. The topological polar surface area (TPSA) is 56.0 Å². The van der Waals surface area contributed by atoms with Crippen molar-refractivity contribution in [2.24, 2.45) is 0 Å². The van der Waals surface area contributed by atoms with E-state index < -0.39 is 20.0 Å². The molecule has 160 valence electrons. The van der Waals surface area contributed by atoms with Crippen LogP contribution in [0.15, 0.2) is 83.8 Å². The molecule has 3 aromatic carbocycles. The normalized spacial score (nSPS) is 14.1. The van der Waals surface area contributed by atoms with Crippen LogP contribution in [0.3, 0.4) is 0 Å². The van der Waals surface area contributed by atoms with Gasteiger partial charge in [-0.3, -0.25) is 10.1 Å². The summed E-state index contributed by atoms with van der Waals surface area (Å²) in [6.07, 6.45) is 0. The third-order valence-corrected chi connectivity index (χ3v) is 5.81. The van der Waals surface area contributed by atoms with E-state index >= 15 is 0 Å². The fourth-order valence-corrected chi connectivity index (χ4v) is 3.89. The minimum atomic E-state index is -9.89. The highest BCUT2D eigenvalue weighted by molar-refractivity contribution is 8.45. The van der Waals surface area contributed by atoms with Crippen LogP contribution in [0.5, 0.6) is 0 Å². The van der Waals surface area contributed by atoms with Gasteiger partial charge in [0, 0.05) is 23.1 Å². The number of hydrogen-bond acceptors (Lipinski definition) is 3. The van der Waals surface area contributed by atoms with E-state index in [-0.39, 0.29) is 27.8 Å². The molecule has 0 atom stereocenters. The predicted octanol–water partition coefficient (Wildman–Crippen LogP) is 8.13. The SMILES string of the molecule is O=[N+]([O-])c1cccc(-c2cc(-c3ccccc3)c3cc(S(F)(F)(F)(F)F)ccc3n2)c1. The number of hydrogen-bond donors (Lipinski definition) is 0. The number of pyridine rings is 1. The summed E-state index contributed by atoms with van der Waals surface area (Å²) in [5.74, 6) is 0. The molecular formula is C21H13F5N2O2S. The molecule has 0 N–H and O–H groups in total. The molecule has 0 saturated heterocycles. The Morgan fingerprint density at radius 2 is 1.45 bits per heavy atom. The smallest absolute Gasteiger partial charge is 0.258 e. The van der Waals surface area contributed by atoms with Crippen LogP contribution in [-0.4, -0.2) is 9.91 Å². The Labute approximate surface area is 172 Å². The van der Waals surface area contributed by atoms with Gasteiger partial charge in [-0.2, -0.15) is 0 Å². The third kappa shape index (κ3) is 4.19. The number of nitrogens with zero attached hydrogens (tertiary/aromatic N) is 2. The maximum Gasteiger partial charge on any atom is 0.310 e. The number of non-ortho nitro benzene ring substituents is 1. The molecule has 10 heteroatoms. The molecule has 0 saturated carbocycles. The summed E-state index contributed by atoms with van der Waals surface area (Å²) in [7, 11) is -9.89. The van der Waals surface area contributed by atoms with Crippen LogP contribution in [0.2, 0.25) is 0 Å². The van der Waals surface area contributed by atoms with Gasteiger partial charge >= 0.3 is 10.2 Å². The summed E-state index contributed by atoms with van der Waals surface area (Å²) >= 11 is 0. The number of rotatable bonds is 4. The lowest BCUT2D eigenvalue weighted by Crippen LogP contribution is -2.06. The molecule has 0 aliphatic heterocycles. The van der Waals surface area contributed by atoms with Crippen molar-refractivity contribution in [3.63, 3.8) is 0 Å². The van der Waals surface area contributed by atoms with E-state index in [9.17, 15) is 29.5 Å². The first-order valence-corrected chi connectivity index (χ1v) is 10.8. The van der Waals surface area contributed by atoms with Gasteiger partial charge in [0.1, 0.15) is 4.90 Å². The van der Waals surface area contributed by atoms with Gasteiger partial charge in [-0.05, 0) is 35.4 Å². The highest BCUT2D eigenvalue weighted by atomic mass is 32.5. The Hall–Kier alpha value is -3.53. The minimum Gasteiger partial charge on any atom is -0.258 e. The highest BCUT2D eigenvalue weighted by Gasteiger charge is 2.65. The first-order chi connectivity index (χ1) is 14.3. The van der Waals surface area contributed by atoms with Crippen LogP contribution in [-0.2, 0) is 0 Å². The number of aromatic nitrogens is 1. The summed E-state index contributed by atoms with van der Waals surface area (Å²) in [6, 6.07) is 16.9. The summed E-state index contributed by atoms with van der Waals surface area (Å²) in [6.45, 7) is 0. The fraction of sp³-hybridized carbons (Fsp3) is 0. The molecule has 0 bridgehead atoms. The summed E-state index contributed by atoms with van der Waals surface area (Å²) in [5, 5.41) is 11.0. The van der Waals surface area contributed by atoms with Gasteiger partial charge < -0.3 is 0 Å². The van der Waals surface area contributed by atoms with Crippen molar-refractivity contribution in [2.75, 3.05) is 0 Å². The van der Waals surface area contributed by atoms with Gasteiger partial charge in [0.15, 0.2) is 0 Å². The zero-order valence-electron chi connectivity index (χ0n) is 15.5. The largest absolute Gasteiger partial charge is 0.310 e. The van der Waals surface area contributed by atoms with Gasteiger partial charge in [-0.15, -0.1) is 0 Å². The van der Waals surface area contributed by atoms with E-state index in [2.05, 4.69) is 4.98 Å². The lowest BCUT2D eigenvalue weighted by Gasteiger charge is -2.40. The molecule has 0 amide bonds. The monoisotopic (exact) mass is 452 g/mol. The molecule has 1 aromatic heterocycles. The van der Waals surface area contributed by atoms with Crippen molar-refractivity contribution in [1.29, 1.82) is 0 Å². The Morgan fingerprint density at radius 1 is 0.774 bits per heavy atom. The Balaban J connectivity index is 2.03. The van der Waals surface area contributed by atoms with E-state index in [0.29, 0.717) is 23.3 Å². The quantitative estimate of drug-likeness (QED) is 0.178. The predicted molar refractivity (Wildman–Crippen MR) is 111 cm³/mol. The second-order valence-electron chi connectivity index (χ2n) is 6.88. The van der Waals surface area contributed by atoms with Crippen LogP contribution >= 0.6 is 10.2 Å².